The molecule has 1 N–H and O–H groups in total. The van der Waals surface area contributed by atoms with Crippen LogP contribution in [-0.4, -0.2) is 5.11 Å². The van der Waals surface area contributed by atoms with E-state index in [0.29, 0.717) is 0 Å². The Labute approximate surface area is 74.4 Å². The van der Waals surface area contributed by atoms with Crippen molar-refractivity contribution in [3.8, 4) is 0 Å². The van der Waals surface area contributed by atoms with Crippen molar-refractivity contribution in [3.63, 3.8) is 0 Å². The molecule has 0 heterocycles. The third-order valence-electron chi connectivity index (χ3n) is 1.70. The van der Waals surface area contributed by atoms with Gasteiger partial charge in [-0.15, -0.1) is 0 Å². The number of hydrogen-bond donors (Lipinski definition) is 1. The lowest BCUT2D eigenvalue weighted by Crippen LogP contribution is -1.98. The molecule has 12 heavy (non-hydrogen) atoms. The minimum absolute atomic E-state index is 0.0780. The maximum atomic E-state index is 9.05. The zero-order chi connectivity index (χ0) is 9.56. The molecule has 0 rings (SSSR count). The van der Waals surface area contributed by atoms with E-state index in [1.54, 1.807) is 12.2 Å². The van der Waals surface area contributed by atoms with E-state index >= 15 is 0 Å². The van der Waals surface area contributed by atoms with Gasteiger partial charge in [0.05, 0.1) is 5.76 Å². The molecule has 1 unspecified atom stereocenters. The van der Waals surface area contributed by atoms with Gasteiger partial charge in [-0.05, 0) is 12.0 Å². The molecular weight excluding hydrogens is 148 g/mol. The van der Waals surface area contributed by atoms with Gasteiger partial charge < -0.3 is 5.11 Å². The van der Waals surface area contributed by atoms with Crippen LogP contribution < -0.4 is 0 Å². The molecule has 0 aromatic heterocycles. The van der Waals surface area contributed by atoms with Gasteiger partial charge in [0.1, 0.15) is 0 Å². The minimum atomic E-state index is 0.0780. The van der Waals surface area contributed by atoms with Gasteiger partial charge in [0.25, 0.3) is 0 Å². The predicted octanol–water partition coefficient (Wildman–Crippen LogP) is 3.38. The summed E-state index contributed by atoms with van der Waals surface area (Å²) >= 11 is 0. The second-order valence-electron chi connectivity index (χ2n) is 2.78. The number of hydrogen-bond acceptors (Lipinski definition) is 1. The Bertz CT molecular complexity index is 211. The molecule has 0 saturated heterocycles. The van der Waals surface area contributed by atoms with Crippen LogP contribution in [0.5, 0.6) is 0 Å². The average Bonchev–Trinajstić information content (AvgIpc) is 2.03. The topological polar surface area (TPSA) is 20.2 Å². The maximum Gasteiger partial charge on any atom is 0.0882 e. The largest absolute Gasteiger partial charge is 0.513 e. The Hall–Kier alpha value is -1.24. The Morgan fingerprint density at radius 2 is 2.08 bits per heavy atom. The zero-order valence-corrected chi connectivity index (χ0v) is 7.59. The van der Waals surface area contributed by atoms with Gasteiger partial charge >= 0.3 is 0 Å². The molecule has 1 heteroatoms. The van der Waals surface area contributed by atoms with E-state index in [-0.39, 0.29) is 11.7 Å². The molecule has 0 aliphatic heterocycles. The van der Waals surface area contributed by atoms with Gasteiger partial charge in [-0.3, -0.25) is 0 Å². The lowest BCUT2D eigenvalue weighted by molar-refractivity contribution is 0.343. The highest BCUT2D eigenvalue weighted by Crippen LogP contribution is 2.16. The van der Waals surface area contributed by atoms with Gasteiger partial charge in [0, 0.05) is 5.92 Å². The van der Waals surface area contributed by atoms with Crippen LogP contribution >= 0.6 is 0 Å². The summed E-state index contributed by atoms with van der Waals surface area (Å²) in [4.78, 5) is 0. The van der Waals surface area contributed by atoms with Crippen molar-refractivity contribution >= 4 is 0 Å². The summed E-state index contributed by atoms with van der Waals surface area (Å²) in [6, 6.07) is 0. The van der Waals surface area contributed by atoms with Crippen LogP contribution in [0.2, 0.25) is 0 Å². The summed E-state index contributed by atoms with van der Waals surface area (Å²) < 4.78 is 0. The van der Waals surface area contributed by atoms with Crippen molar-refractivity contribution in [1.29, 1.82) is 0 Å². The molecule has 66 valence electrons. The number of aliphatic hydroxyl groups excluding tert-OH is 1. The second-order valence-corrected chi connectivity index (χ2v) is 2.78. The molecule has 0 radical (unpaired) electrons. The maximum absolute atomic E-state index is 9.05. The van der Waals surface area contributed by atoms with E-state index in [1.165, 1.54) is 0 Å². The molecule has 0 bridgehead atoms. The Morgan fingerprint density at radius 3 is 2.42 bits per heavy atom. The highest BCUT2D eigenvalue weighted by molar-refractivity contribution is 5.22. The van der Waals surface area contributed by atoms with Crippen molar-refractivity contribution < 1.29 is 5.11 Å². The van der Waals surface area contributed by atoms with Crippen molar-refractivity contribution in [1.82, 2.24) is 0 Å². The van der Waals surface area contributed by atoms with E-state index in [2.05, 4.69) is 19.7 Å². The molecule has 1 atom stereocenters. The molecule has 0 aliphatic carbocycles. The van der Waals surface area contributed by atoms with Crippen LogP contribution in [0, 0.1) is 5.92 Å². The van der Waals surface area contributed by atoms with Crippen molar-refractivity contribution in [3.05, 3.63) is 49.3 Å². The van der Waals surface area contributed by atoms with E-state index in [9.17, 15) is 0 Å². The van der Waals surface area contributed by atoms with Crippen molar-refractivity contribution in [2.24, 2.45) is 5.92 Å². The van der Waals surface area contributed by atoms with Gasteiger partial charge in [0.2, 0.25) is 0 Å². The van der Waals surface area contributed by atoms with Crippen LogP contribution in [0.3, 0.4) is 0 Å². The molecule has 0 aromatic rings. The third-order valence-corrected chi connectivity index (χ3v) is 1.70. The number of aliphatic hydroxyl groups is 1. The van der Waals surface area contributed by atoms with Crippen LogP contribution in [0.25, 0.3) is 0 Å². The van der Waals surface area contributed by atoms with Crippen LogP contribution in [0.15, 0.2) is 49.3 Å². The molecule has 1 nitrogen and oxygen atoms in total. The SMILES string of the molecule is C=C/C=C(\C=C)CC(C)C(=C)O. The summed E-state index contributed by atoms with van der Waals surface area (Å²) in [7, 11) is 0. The average molecular weight is 164 g/mol. The summed E-state index contributed by atoms with van der Waals surface area (Å²) in [6.45, 7) is 12.6. The van der Waals surface area contributed by atoms with E-state index in [0.717, 1.165) is 12.0 Å². The van der Waals surface area contributed by atoms with Gasteiger partial charge in [0.15, 0.2) is 0 Å². The highest BCUT2D eigenvalue weighted by atomic mass is 16.3. The summed E-state index contributed by atoms with van der Waals surface area (Å²) in [6.07, 6.45) is 6.11. The van der Waals surface area contributed by atoms with Crippen LogP contribution in [0.1, 0.15) is 13.3 Å². The van der Waals surface area contributed by atoms with Crippen molar-refractivity contribution in [2.75, 3.05) is 0 Å². The predicted molar refractivity (Wildman–Crippen MR) is 54.0 cm³/mol. The first kappa shape index (κ1) is 10.8. The Morgan fingerprint density at radius 1 is 1.50 bits per heavy atom. The van der Waals surface area contributed by atoms with Crippen LogP contribution in [-0.2, 0) is 0 Å². The number of rotatable bonds is 5. The standard InChI is InChI=1S/C11H16O/c1-5-7-11(6-2)8-9(3)10(4)12/h5-7,9,12H,1-2,4,8H2,3H3/b11-7+. The fourth-order valence-electron chi connectivity index (χ4n) is 0.842. The number of allylic oxidation sites excluding steroid dienone is 5. The molecular formula is C11H16O. The lowest BCUT2D eigenvalue weighted by atomic mass is 10.00. The smallest absolute Gasteiger partial charge is 0.0882 e. The molecule has 0 fully saturated rings. The normalized spacial score (nSPS) is 13.6. The first-order valence-electron chi connectivity index (χ1n) is 3.93. The zero-order valence-electron chi connectivity index (χ0n) is 7.59. The van der Waals surface area contributed by atoms with E-state index in [4.69, 9.17) is 5.11 Å². The second kappa shape index (κ2) is 5.42. The Balaban J connectivity index is 4.20. The summed E-state index contributed by atoms with van der Waals surface area (Å²) in [5.41, 5.74) is 1.06. The lowest BCUT2D eigenvalue weighted by Gasteiger charge is -2.09. The van der Waals surface area contributed by atoms with Gasteiger partial charge in [-0.25, -0.2) is 0 Å². The quantitative estimate of drug-likeness (QED) is 0.488. The summed E-state index contributed by atoms with van der Waals surface area (Å²) in [5.74, 6) is 0.293. The van der Waals surface area contributed by atoms with Crippen LogP contribution in [0.4, 0.5) is 0 Å². The van der Waals surface area contributed by atoms with Gasteiger partial charge in [-0.1, -0.05) is 44.9 Å². The monoisotopic (exact) mass is 164 g/mol. The highest BCUT2D eigenvalue weighted by Gasteiger charge is 2.05. The molecule has 0 aromatic carbocycles. The van der Waals surface area contributed by atoms with E-state index < -0.39 is 0 Å². The van der Waals surface area contributed by atoms with Gasteiger partial charge in [-0.2, -0.15) is 0 Å². The first-order valence-corrected chi connectivity index (χ1v) is 3.93. The fourth-order valence-corrected chi connectivity index (χ4v) is 0.842. The minimum Gasteiger partial charge on any atom is -0.513 e. The molecule has 0 spiro atoms. The first-order chi connectivity index (χ1) is 5.61. The summed E-state index contributed by atoms with van der Waals surface area (Å²) in [5, 5.41) is 9.05. The molecule has 0 aliphatic rings. The third kappa shape index (κ3) is 3.81. The molecule has 0 saturated carbocycles. The van der Waals surface area contributed by atoms with E-state index in [1.807, 2.05) is 13.0 Å². The van der Waals surface area contributed by atoms with Crippen molar-refractivity contribution in [2.45, 2.75) is 13.3 Å². The Kier molecular flexibility index (Phi) is 4.86. The fraction of sp³-hybridized carbons (Fsp3) is 0.273. The molecule has 0 amide bonds.